The molecule has 0 radical (unpaired) electrons. The quantitative estimate of drug-likeness (QED) is 0.393. The van der Waals surface area contributed by atoms with Gasteiger partial charge >= 0.3 is 5.97 Å². The molecule has 2 aliphatic rings. The number of rotatable bonds is 11. The maximum atomic E-state index is 13.4. The first-order valence-corrected chi connectivity index (χ1v) is 12.3. The van der Waals surface area contributed by atoms with Gasteiger partial charge in [0.1, 0.15) is 5.75 Å². The van der Waals surface area contributed by atoms with Gasteiger partial charge in [-0.3, -0.25) is 9.69 Å². The molecule has 0 aliphatic carbocycles. The van der Waals surface area contributed by atoms with Crippen LogP contribution in [0.5, 0.6) is 17.2 Å². The fourth-order valence-corrected chi connectivity index (χ4v) is 5.01. The normalized spacial score (nSPS) is 21.6. The lowest BCUT2D eigenvalue weighted by Crippen LogP contribution is -2.34. The van der Waals surface area contributed by atoms with Gasteiger partial charge in [-0.15, -0.1) is 0 Å². The van der Waals surface area contributed by atoms with E-state index < -0.39 is 0 Å². The molecular weight excluding hydrogens is 432 g/mol. The molecule has 0 aromatic heterocycles. The van der Waals surface area contributed by atoms with Crippen LogP contribution in [0, 0.1) is 5.92 Å². The second kappa shape index (κ2) is 11.6. The molecule has 2 heterocycles. The van der Waals surface area contributed by atoms with E-state index in [9.17, 15) is 4.79 Å². The number of fused-ring (bicyclic) bond motifs is 1. The number of hydrogen-bond donors (Lipinski definition) is 1. The highest BCUT2D eigenvalue weighted by atomic mass is 16.7. The molecule has 4 rings (SSSR count). The average Bonchev–Trinajstić information content (AvgIpc) is 3.48. The maximum absolute atomic E-state index is 13.4. The van der Waals surface area contributed by atoms with Crippen LogP contribution >= 0.6 is 0 Å². The number of nitrogens with zero attached hydrogens (tertiary/aromatic N) is 1. The van der Waals surface area contributed by atoms with Gasteiger partial charge in [0, 0.05) is 31.6 Å². The van der Waals surface area contributed by atoms with Gasteiger partial charge in [-0.05, 0) is 55.3 Å². The summed E-state index contributed by atoms with van der Waals surface area (Å²) in [7, 11) is 1.66. The second-order valence-electron chi connectivity index (χ2n) is 8.81. The number of methoxy groups -OCH3 is 1. The molecule has 1 fully saturated rings. The molecule has 0 spiro atoms. The molecule has 34 heavy (non-hydrogen) atoms. The fourth-order valence-electron chi connectivity index (χ4n) is 5.01. The molecule has 184 valence electrons. The van der Waals surface area contributed by atoms with Crippen molar-refractivity contribution in [1.82, 2.24) is 10.2 Å². The summed E-state index contributed by atoms with van der Waals surface area (Å²) in [6.07, 6.45) is 2.33. The number of benzene rings is 2. The Morgan fingerprint density at radius 3 is 2.56 bits per heavy atom. The minimum absolute atomic E-state index is 0.0173. The second-order valence-corrected chi connectivity index (χ2v) is 8.81. The lowest BCUT2D eigenvalue weighted by molar-refractivity contribution is -0.149. The van der Waals surface area contributed by atoms with Gasteiger partial charge in [-0.2, -0.15) is 0 Å². The Morgan fingerprint density at radius 1 is 1.06 bits per heavy atom. The van der Waals surface area contributed by atoms with Crippen molar-refractivity contribution in [3.63, 3.8) is 0 Å². The van der Waals surface area contributed by atoms with Crippen molar-refractivity contribution in [2.45, 2.75) is 38.6 Å². The molecule has 2 aromatic rings. The van der Waals surface area contributed by atoms with Gasteiger partial charge in [0.25, 0.3) is 0 Å². The summed E-state index contributed by atoms with van der Waals surface area (Å²) >= 11 is 0. The van der Waals surface area contributed by atoms with Crippen molar-refractivity contribution in [2.75, 3.05) is 46.7 Å². The maximum Gasteiger partial charge on any atom is 0.311 e. The van der Waals surface area contributed by atoms with Gasteiger partial charge in [-0.25, -0.2) is 0 Å². The number of unbranched alkanes of at least 4 members (excludes halogenated alkanes) is 1. The number of carbonyl (C=O) groups excluding carboxylic acids is 1. The predicted molar refractivity (Wildman–Crippen MR) is 131 cm³/mol. The van der Waals surface area contributed by atoms with Crippen molar-refractivity contribution in [3.05, 3.63) is 53.6 Å². The lowest BCUT2D eigenvalue weighted by atomic mass is 9.82. The molecule has 7 heteroatoms. The highest BCUT2D eigenvalue weighted by Crippen LogP contribution is 2.48. The minimum atomic E-state index is -0.329. The zero-order chi connectivity index (χ0) is 23.9. The zero-order valence-corrected chi connectivity index (χ0v) is 20.4. The molecule has 0 saturated carbocycles. The van der Waals surface area contributed by atoms with E-state index in [1.54, 1.807) is 7.11 Å². The van der Waals surface area contributed by atoms with E-state index in [4.69, 9.17) is 18.9 Å². The molecule has 1 N–H and O–H groups in total. The molecular formula is C27H36N2O5. The van der Waals surface area contributed by atoms with Crippen LogP contribution in [0.25, 0.3) is 0 Å². The van der Waals surface area contributed by atoms with Crippen LogP contribution in [0.3, 0.4) is 0 Å². The van der Waals surface area contributed by atoms with Crippen LogP contribution in [0.4, 0.5) is 0 Å². The van der Waals surface area contributed by atoms with Crippen LogP contribution in [0.2, 0.25) is 0 Å². The number of ether oxygens (including phenoxy) is 4. The molecule has 7 nitrogen and oxygen atoms in total. The van der Waals surface area contributed by atoms with E-state index in [1.807, 2.05) is 31.2 Å². The summed E-state index contributed by atoms with van der Waals surface area (Å²) in [5, 5.41) is 3.55. The largest absolute Gasteiger partial charge is 0.497 e. The number of esters is 1. The highest BCUT2D eigenvalue weighted by Gasteiger charge is 2.48. The monoisotopic (exact) mass is 468 g/mol. The lowest BCUT2D eigenvalue weighted by Gasteiger charge is -2.28. The first kappa shape index (κ1) is 24.4. The van der Waals surface area contributed by atoms with E-state index in [2.05, 4.69) is 35.3 Å². The van der Waals surface area contributed by atoms with E-state index in [0.29, 0.717) is 6.61 Å². The van der Waals surface area contributed by atoms with Crippen LogP contribution in [-0.4, -0.2) is 57.6 Å². The summed E-state index contributed by atoms with van der Waals surface area (Å²) in [5.41, 5.74) is 2.16. The fraction of sp³-hybridized carbons (Fsp3) is 0.519. The summed E-state index contributed by atoms with van der Waals surface area (Å²) in [6, 6.07) is 14.0. The summed E-state index contributed by atoms with van der Waals surface area (Å²) in [5.74, 6) is 1.78. The van der Waals surface area contributed by atoms with Crippen LogP contribution < -0.4 is 19.5 Å². The number of likely N-dealkylation sites (tertiary alicyclic amines) is 1. The van der Waals surface area contributed by atoms with Gasteiger partial charge in [0.2, 0.25) is 6.79 Å². The molecule has 1 saturated heterocycles. The van der Waals surface area contributed by atoms with Gasteiger partial charge in [-0.1, -0.05) is 31.5 Å². The number of carbonyl (C=O) groups is 1. The third kappa shape index (κ3) is 5.31. The van der Waals surface area contributed by atoms with Crippen molar-refractivity contribution in [3.8, 4) is 17.2 Å². The topological polar surface area (TPSA) is 69.3 Å². The smallest absolute Gasteiger partial charge is 0.311 e. The Balaban J connectivity index is 1.66. The van der Waals surface area contributed by atoms with Crippen molar-refractivity contribution in [1.29, 1.82) is 0 Å². The summed E-state index contributed by atoms with van der Waals surface area (Å²) in [4.78, 5) is 15.8. The number of nitrogens with one attached hydrogen (secondary N) is 1. The molecule has 3 unspecified atom stereocenters. The molecule has 3 atom stereocenters. The Kier molecular flexibility index (Phi) is 8.29. The van der Waals surface area contributed by atoms with Gasteiger partial charge in [0.15, 0.2) is 11.5 Å². The average molecular weight is 469 g/mol. The van der Waals surface area contributed by atoms with Crippen molar-refractivity contribution in [2.24, 2.45) is 5.92 Å². The Morgan fingerprint density at radius 2 is 1.82 bits per heavy atom. The summed E-state index contributed by atoms with van der Waals surface area (Å²) < 4.78 is 22.1. The third-order valence-electron chi connectivity index (χ3n) is 6.72. The molecule has 2 aromatic carbocycles. The van der Waals surface area contributed by atoms with Crippen molar-refractivity contribution >= 4 is 5.97 Å². The first-order valence-electron chi connectivity index (χ1n) is 12.3. The highest BCUT2D eigenvalue weighted by molar-refractivity contribution is 5.76. The molecule has 2 aliphatic heterocycles. The Hall–Kier alpha value is -2.77. The van der Waals surface area contributed by atoms with E-state index in [0.717, 1.165) is 61.0 Å². The number of hydrogen-bond acceptors (Lipinski definition) is 7. The van der Waals surface area contributed by atoms with Crippen LogP contribution in [-0.2, 0) is 9.53 Å². The van der Waals surface area contributed by atoms with E-state index in [-0.39, 0.29) is 30.6 Å². The SMILES string of the molecule is CCCCNCCN1CC(c2ccc3c(c2)OCO3)C(C(=O)OCC)C1c1ccc(OC)cc1. The molecule has 0 bridgehead atoms. The summed E-state index contributed by atoms with van der Waals surface area (Å²) in [6.45, 7) is 8.13. The van der Waals surface area contributed by atoms with E-state index in [1.165, 1.54) is 6.42 Å². The first-order chi connectivity index (χ1) is 16.7. The molecule has 0 amide bonds. The van der Waals surface area contributed by atoms with E-state index >= 15 is 0 Å². The minimum Gasteiger partial charge on any atom is -0.497 e. The van der Waals surface area contributed by atoms with Crippen LogP contribution in [0.15, 0.2) is 42.5 Å². The standard InChI is InChI=1S/C27H36N2O5/c1-4-6-13-28-14-15-29-17-22(20-9-12-23-24(16-20)34-18-33-23)25(27(30)32-5-2)26(29)19-7-10-21(31-3)11-8-19/h7-12,16,22,25-26,28H,4-6,13-15,17-18H2,1-3H3. The Bertz CT molecular complexity index is 949. The predicted octanol–water partition coefficient (Wildman–Crippen LogP) is 4.13. The Labute approximate surface area is 202 Å². The van der Waals surface area contributed by atoms with Crippen LogP contribution in [0.1, 0.15) is 49.8 Å². The third-order valence-corrected chi connectivity index (χ3v) is 6.72. The zero-order valence-electron chi connectivity index (χ0n) is 20.4. The van der Waals surface area contributed by atoms with Gasteiger partial charge < -0.3 is 24.3 Å². The van der Waals surface area contributed by atoms with Gasteiger partial charge in [0.05, 0.1) is 19.6 Å². The van der Waals surface area contributed by atoms with Crippen molar-refractivity contribution < 1.29 is 23.7 Å².